The predicted octanol–water partition coefficient (Wildman–Crippen LogP) is 2.69. The number of benzene rings is 1. The maximum atomic E-state index is 12.3. The lowest BCUT2D eigenvalue weighted by Gasteiger charge is -2.26. The van der Waals surface area contributed by atoms with Crippen molar-refractivity contribution in [2.75, 3.05) is 17.1 Å². The van der Waals surface area contributed by atoms with Crippen LogP contribution in [0.5, 0.6) is 5.75 Å². The molecule has 1 aliphatic carbocycles. The van der Waals surface area contributed by atoms with Crippen molar-refractivity contribution >= 4 is 21.6 Å². The summed E-state index contributed by atoms with van der Waals surface area (Å²) in [7, 11) is -3.56. The van der Waals surface area contributed by atoms with Crippen LogP contribution in [0.15, 0.2) is 24.3 Å². The fourth-order valence-corrected chi connectivity index (χ4v) is 3.87. The third-order valence-electron chi connectivity index (χ3n) is 4.15. The van der Waals surface area contributed by atoms with Crippen LogP contribution in [0.4, 0.5) is 5.69 Å². The summed E-state index contributed by atoms with van der Waals surface area (Å²) >= 11 is 0. The first kappa shape index (κ1) is 19.6. The first-order valence-electron chi connectivity index (χ1n) is 8.79. The van der Waals surface area contributed by atoms with Gasteiger partial charge in [0.25, 0.3) is 0 Å². The van der Waals surface area contributed by atoms with E-state index in [-0.39, 0.29) is 24.6 Å². The van der Waals surface area contributed by atoms with Crippen LogP contribution in [-0.4, -0.2) is 39.3 Å². The summed E-state index contributed by atoms with van der Waals surface area (Å²) in [6.45, 7) is 3.64. The third-order valence-corrected chi connectivity index (χ3v) is 5.29. The van der Waals surface area contributed by atoms with Gasteiger partial charge in [0.15, 0.2) is 0 Å². The van der Waals surface area contributed by atoms with Crippen molar-refractivity contribution in [2.45, 2.75) is 58.1 Å². The van der Waals surface area contributed by atoms with Gasteiger partial charge in [-0.05, 0) is 51.0 Å². The Morgan fingerprint density at radius 2 is 1.80 bits per heavy atom. The van der Waals surface area contributed by atoms with E-state index in [1.165, 1.54) is 6.42 Å². The zero-order valence-corrected chi connectivity index (χ0v) is 16.0. The van der Waals surface area contributed by atoms with E-state index in [4.69, 9.17) is 4.74 Å². The lowest BCUT2D eigenvalue weighted by molar-refractivity contribution is -0.120. The van der Waals surface area contributed by atoms with E-state index < -0.39 is 10.0 Å². The number of hydrogen-bond donors (Lipinski definition) is 1. The van der Waals surface area contributed by atoms with E-state index in [2.05, 4.69) is 5.32 Å². The van der Waals surface area contributed by atoms with Crippen molar-refractivity contribution in [2.24, 2.45) is 0 Å². The average Bonchev–Trinajstić information content (AvgIpc) is 2.53. The summed E-state index contributed by atoms with van der Waals surface area (Å²) < 4.78 is 31.0. The monoisotopic (exact) mass is 368 g/mol. The highest BCUT2D eigenvalue weighted by Crippen LogP contribution is 2.22. The minimum absolute atomic E-state index is 0.0399. The van der Waals surface area contributed by atoms with Gasteiger partial charge in [-0.3, -0.25) is 9.10 Å². The molecule has 1 N–H and O–H groups in total. The van der Waals surface area contributed by atoms with Gasteiger partial charge in [-0.2, -0.15) is 0 Å². The first-order chi connectivity index (χ1) is 11.8. The van der Waals surface area contributed by atoms with Gasteiger partial charge in [-0.25, -0.2) is 8.42 Å². The van der Waals surface area contributed by atoms with Gasteiger partial charge in [0.05, 0.1) is 18.0 Å². The van der Waals surface area contributed by atoms with Crippen LogP contribution < -0.4 is 14.4 Å². The number of anilines is 1. The first-order valence-corrected chi connectivity index (χ1v) is 10.6. The Kier molecular flexibility index (Phi) is 6.70. The average molecular weight is 368 g/mol. The Labute approximate surface area is 150 Å². The van der Waals surface area contributed by atoms with E-state index in [0.29, 0.717) is 11.4 Å². The second-order valence-electron chi connectivity index (χ2n) is 6.83. The van der Waals surface area contributed by atoms with Crippen LogP contribution >= 0.6 is 0 Å². The van der Waals surface area contributed by atoms with Crippen molar-refractivity contribution in [3.05, 3.63) is 24.3 Å². The van der Waals surface area contributed by atoms with Crippen LogP contribution in [0.25, 0.3) is 0 Å². The van der Waals surface area contributed by atoms with Crippen molar-refractivity contribution in [1.29, 1.82) is 0 Å². The molecule has 0 spiro atoms. The van der Waals surface area contributed by atoms with Crippen LogP contribution in [0.1, 0.15) is 46.0 Å². The minimum Gasteiger partial charge on any atom is -0.491 e. The van der Waals surface area contributed by atoms with Gasteiger partial charge in [0.1, 0.15) is 12.3 Å². The van der Waals surface area contributed by atoms with Crippen molar-refractivity contribution in [1.82, 2.24) is 5.32 Å². The maximum absolute atomic E-state index is 12.3. The Hall–Kier alpha value is -1.76. The van der Waals surface area contributed by atoms with Gasteiger partial charge in [0.2, 0.25) is 15.9 Å². The molecule has 0 bridgehead atoms. The fraction of sp³-hybridized carbons (Fsp3) is 0.611. The summed E-state index contributed by atoms with van der Waals surface area (Å²) in [5, 5.41) is 2.96. The Morgan fingerprint density at radius 3 is 2.32 bits per heavy atom. The van der Waals surface area contributed by atoms with Crippen LogP contribution in [0.2, 0.25) is 0 Å². The molecule has 0 unspecified atom stereocenters. The SMILES string of the molecule is CC(C)Oc1ccc(N(CC(=O)NC2CCCCC2)S(C)(=O)=O)cc1. The molecular formula is C18H28N2O4S. The normalized spacial score (nSPS) is 15.8. The van der Waals surface area contributed by atoms with Gasteiger partial charge in [-0.1, -0.05) is 19.3 Å². The Morgan fingerprint density at radius 1 is 1.20 bits per heavy atom. The molecule has 1 saturated carbocycles. The molecule has 1 aliphatic rings. The zero-order valence-electron chi connectivity index (χ0n) is 15.2. The summed E-state index contributed by atoms with van der Waals surface area (Å²) in [4.78, 5) is 12.3. The Bertz CT molecular complexity index is 665. The van der Waals surface area contributed by atoms with Gasteiger partial charge in [0, 0.05) is 6.04 Å². The quantitative estimate of drug-likeness (QED) is 0.803. The maximum Gasteiger partial charge on any atom is 0.240 e. The highest BCUT2D eigenvalue weighted by atomic mass is 32.2. The molecule has 1 aromatic rings. The highest BCUT2D eigenvalue weighted by Gasteiger charge is 2.23. The summed E-state index contributed by atoms with van der Waals surface area (Å²) in [6.07, 6.45) is 6.50. The van der Waals surface area contributed by atoms with Crippen LogP contribution in [0.3, 0.4) is 0 Å². The number of hydrogen-bond acceptors (Lipinski definition) is 4. The second-order valence-corrected chi connectivity index (χ2v) is 8.74. The molecule has 0 saturated heterocycles. The largest absolute Gasteiger partial charge is 0.491 e. The number of ether oxygens (including phenoxy) is 1. The highest BCUT2D eigenvalue weighted by molar-refractivity contribution is 7.92. The summed E-state index contributed by atoms with van der Waals surface area (Å²) in [6, 6.07) is 6.91. The molecule has 0 radical (unpaired) electrons. The number of carbonyl (C=O) groups is 1. The van der Waals surface area contributed by atoms with Gasteiger partial charge >= 0.3 is 0 Å². The predicted molar refractivity (Wildman–Crippen MR) is 99.4 cm³/mol. The topological polar surface area (TPSA) is 75.7 Å². The van der Waals surface area contributed by atoms with E-state index in [9.17, 15) is 13.2 Å². The van der Waals surface area contributed by atoms with Gasteiger partial charge in [-0.15, -0.1) is 0 Å². The Balaban J connectivity index is 2.07. The minimum atomic E-state index is -3.56. The molecule has 0 atom stereocenters. The summed E-state index contributed by atoms with van der Waals surface area (Å²) in [5.41, 5.74) is 0.456. The number of amides is 1. The summed E-state index contributed by atoms with van der Waals surface area (Å²) in [5.74, 6) is 0.402. The zero-order chi connectivity index (χ0) is 18.4. The molecule has 1 fully saturated rings. The van der Waals surface area contributed by atoms with Crippen molar-refractivity contribution < 1.29 is 17.9 Å². The molecule has 1 amide bonds. The standard InChI is InChI=1S/C18H28N2O4S/c1-14(2)24-17-11-9-16(10-12-17)20(25(3,22)23)13-18(21)19-15-7-5-4-6-8-15/h9-12,14-15H,4-8,13H2,1-3H3,(H,19,21). The van der Waals surface area contributed by atoms with E-state index in [1.54, 1.807) is 24.3 Å². The lowest BCUT2D eigenvalue weighted by atomic mass is 9.95. The molecule has 6 nitrogen and oxygen atoms in total. The van der Waals surface area contributed by atoms with E-state index >= 15 is 0 Å². The fourth-order valence-electron chi connectivity index (χ4n) is 3.01. The number of nitrogens with zero attached hydrogens (tertiary/aromatic N) is 1. The lowest BCUT2D eigenvalue weighted by Crippen LogP contribution is -2.44. The number of rotatable bonds is 7. The third kappa shape index (κ3) is 6.23. The molecule has 0 aliphatic heterocycles. The number of nitrogens with one attached hydrogen (secondary N) is 1. The molecule has 1 aromatic carbocycles. The molecular weight excluding hydrogens is 340 g/mol. The molecule has 0 aromatic heterocycles. The van der Waals surface area contributed by atoms with Crippen LogP contribution in [-0.2, 0) is 14.8 Å². The molecule has 0 heterocycles. The number of sulfonamides is 1. The second kappa shape index (κ2) is 8.56. The van der Waals surface area contributed by atoms with E-state index in [1.807, 2.05) is 13.8 Å². The van der Waals surface area contributed by atoms with Crippen LogP contribution in [0, 0.1) is 0 Å². The molecule has 2 rings (SSSR count). The van der Waals surface area contributed by atoms with Gasteiger partial charge < -0.3 is 10.1 Å². The van der Waals surface area contributed by atoms with E-state index in [0.717, 1.165) is 36.2 Å². The smallest absolute Gasteiger partial charge is 0.240 e. The molecule has 7 heteroatoms. The van der Waals surface area contributed by atoms with Crippen molar-refractivity contribution in [3.63, 3.8) is 0 Å². The molecule has 140 valence electrons. The molecule has 25 heavy (non-hydrogen) atoms. The number of carbonyl (C=O) groups excluding carboxylic acids is 1. The van der Waals surface area contributed by atoms with Crippen molar-refractivity contribution in [3.8, 4) is 5.75 Å².